The molecule has 0 saturated carbocycles. The van der Waals surface area contributed by atoms with Crippen LogP contribution in [0.3, 0.4) is 0 Å². The molecule has 1 aliphatic heterocycles. The Bertz CT molecular complexity index is 412. The number of phenols is 1. The monoisotopic (exact) mass is 234 g/mol. The molecule has 0 aliphatic carbocycles. The van der Waals surface area contributed by atoms with Crippen molar-refractivity contribution in [1.29, 1.82) is 0 Å². The van der Waals surface area contributed by atoms with Crippen molar-refractivity contribution in [3.63, 3.8) is 0 Å². The number of phenolic OH excluding ortho intramolecular Hbond substituents is 1. The van der Waals surface area contributed by atoms with E-state index in [0.29, 0.717) is 18.0 Å². The fraction of sp³-hybridized carbons (Fsp3) is 0.462. The lowest BCUT2D eigenvalue weighted by atomic mass is 10.1. The number of nitrogens with one attached hydrogen (secondary N) is 2. The number of hydrogen-bond acceptors (Lipinski definition) is 3. The summed E-state index contributed by atoms with van der Waals surface area (Å²) in [5, 5.41) is 15.8. The molecule has 1 saturated heterocycles. The van der Waals surface area contributed by atoms with Gasteiger partial charge < -0.3 is 15.7 Å². The van der Waals surface area contributed by atoms with Gasteiger partial charge in [-0.3, -0.25) is 4.79 Å². The van der Waals surface area contributed by atoms with E-state index in [2.05, 4.69) is 10.6 Å². The average Bonchev–Trinajstić information content (AvgIpc) is 2.78. The zero-order valence-corrected chi connectivity index (χ0v) is 9.99. The van der Waals surface area contributed by atoms with Gasteiger partial charge in [-0.1, -0.05) is 6.07 Å². The Labute approximate surface area is 101 Å². The minimum atomic E-state index is -0.200. The Balaban J connectivity index is 1.94. The molecule has 1 unspecified atom stereocenters. The Morgan fingerprint density at radius 3 is 3.06 bits per heavy atom. The summed E-state index contributed by atoms with van der Waals surface area (Å²) in [6.45, 7) is 4.53. The van der Waals surface area contributed by atoms with Crippen LogP contribution in [0.15, 0.2) is 18.2 Å². The number of carbonyl (C=O) groups excluding carboxylic acids is 1. The number of benzene rings is 1. The summed E-state index contributed by atoms with van der Waals surface area (Å²) in [4.78, 5) is 11.8. The molecule has 4 heteroatoms. The predicted molar refractivity (Wildman–Crippen MR) is 66.2 cm³/mol. The van der Waals surface area contributed by atoms with Gasteiger partial charge >= 0.3 is 0 Å². The number of rotatable bonds is 3. The molecule has 3 N–H and O–H groups in total. The quantitative estimate of drug-likeness (QED) is 0.732. The number of hydrogen-bond donors (Lipinski definition) is 3. The first kappa shape index (κ1) is 11.9. The highest BCUT2D eigenvalue weighted by Gasteiger charge is 2.16. The summed E-state index contributed by atoms with van der Waals surface area (Å²) in [7, 11) is 0. The summed E-state index contributed by atoms with van der Waals surface area (Å²) >= 11 is 0. The van der Waals surface area contributed by atoms with Gasteiger partial charge in [-0.15, -0.1) is 0 Å². The molecular formula is C13H18N2O2. The second-order valence-electron chi connectivity index (χ2n) is 4.59. The Kier molecular flexibility index (Phi) is 3.64. The lowest BCUT2D eigenvalue weighted by Gasteiger charge is -2.11. The number of carbonyl (C=O) groups is 1. The number of aromatic hydroxyl groups is 1. The Morgan fingerprint density at radius 2 is 2.41 bits per heavy atom. The second kappa shape index (κ2) is 5.19. The van der Waals surface area contributed by atoms with E-state index in [1.807, 2.05) is 13.0 Å². The third-order valence-corrected chi connectivity index (χ3v) is 3.11. The molecule has 1 aromatic rings. The first-order valence-corrected chi connectivity index (χ1v) is 5.95. The van der Waals surface area contributed by atoms with Gasteiger partial charge in [0.2, 0.25) is 0 Å². The van der Waals surface area contributed by atoms with E-state index in [9.17, 15) is 9.90 Å². The van der Waals surface area contributed by atoms with Gasteiger partial charge in [-0.2, -0.15) is 0 Å². The summed E-state index contributed by atoms with van der Waals surface area (Å²) < 4.78 is 0. The molecule has 92 valence electrons. The van der Waals surface area contributed by atoms with Gasteiger partial charge in [0.15, 0.2) is 0 Å². The van der Waals surface area contributed by atoms with Gasteiger partial charge in [0.05, 0.1) is 5.56 Å². The fourth-order valence-electron chi connectivity index (χ4n) is 2.05. The molecule has 2 rings (SSSR count). The van der Waals surface area contributed by atoms with Crippen molar-refractivity contribution in [2.24, 2.45) is 5.92 Å². The molecule has 1 aromatic carbocycles. The molecule has 1 atom stereocenters. The summed E-state index contributed by atoms with van der Waals surface area (Å²) in [5.41, 5.74) is 1.29. The number of aryl methyl sites for hydroxylation is 1. The number of amides is 1. The third-order valence-electron chi connectivity index (χ3n) is 3.11. The van der Waals surface area contributed by atoms with E-state index < -0.39 is 0 Å². The van der Waals surface area contributed by atoms with Crippen LogP contribution in [-0.2, 0) is 0 Å². The molecule has 0 radical (unpaired) electrons. The highest BCUT2D eigenvalue weighted by Crippen LogP contribution is 2.18. The fourth-order valence-corrected chi connectivity index (χ4v) is 2.05. The standard InChI is InChI=1S/C13H18N2O2/c1-9-2-3-11(12(16)6-9)13(17)15-8-10-4-5-14-7-10/h2-3,6,10,14,16H,4-5,7-8H2,1H3,(H,15,17). The normalized spacial score (nSPS) is 19.2. The Morgan fingerprint density at radius 1 is 1.59 bits per heavy atom. The van der Waals surface area contributed by atoms with Gasteiger partial charge in [0.1, 0.15) is 5.75 Å². The molecule has 4 nitrogen and oxygen atoms in total. The minimum Gasteiger partial charge on any atom is -0.507 e. The van der Waals surface area contributed by atoms with E-state index in [0.717, 1.165) is 25.1 Å². The van der Waals surface area contributed by atoms with Crippen LogP contribution in [0.1, 0.15) is 22.3 Å². The van der Waals surface area contributed by atoms with Crippen molar-refractivity contribution in [1.82, 2.24) is 10.6 Å². The van der Waals surface area contributed by atoms with Crippen molar-refractivity contribution < 1.29 is 9.90 Å². The minimum absolute atomic E-state index is 0.0482. The van der Waals surface area contributed by atoms with Crippen molar-refractivity contribution >= 4 is 5.91 Å². The van der Waals surface area contributed by atoms with Crippen LogP contribution in [-0.4, -0.2) is 30.6 Å². The van der Waals surface area contributed by atoms with Crippen LogP contribution in [0.5, 0.6) is 5.75 Å². The maximum atomic E-state index is 11.8. The third kappa shape index (κ3) is 2.97. The van der Waals surface area contributed by atoms with Gasteiger partial charge in [0.25, 0.3) is 5.91 Å². The zero-order valence-electron chi connectivity index (χ0n) is 9.99. The van der Waals surface area contributed by atoms with Crippen LogP contribution in [0.2, 0.25) is 0 Å². The Hall–Kier alpha value is -1.55. The van der Waals surface area contributed by atoms with Gasteiger partial charge in [0, 0.05) is 6.54 Å². The van der Waals surface area contributed by atoms with E-state index in [-0.39, 0.29) is 11.7 Å². The van der Waals surface area contributed by atoms with Crippen molar-refractivity contribution in [3.05, 3.63) is 29.3 Å². The molecule has 0 spiro atoms. The molecule has 1 fully saturated rings. The molecule has 1 amide bonds. The maximum Gasteiger partial charge on any atom is 0.255 e. The molecule has 17 heavy (non-hydrogen) atoms. The van der Waals surface area contributed by atoms with E-state index in [1.54, 1.807) is 12.1 Å². The summed E-state index contributed by atoms with van der Waals surface area (Å²) in [5.74, 6) is 0.355. The SMILES string of the molecule is Cc1ccc(C(=O)NCC2CCNC2)c(O)c1. The topological polar surface area (TPSA) is 61.4 Å². The van der Waals surface area contributed by atoms with E-state index >= 15 is 0 Å². The van der Waals surface area contributed by atoms with Crippen LogP contribution in [0, 0.1) is 12.8 Å². The lowest BCUT2D eigenvalue weighted by Crippen LogP contribution is -2.30. The second-order valence-corrected chi connectivity index (χ2v) is 4.59. The maximum absolute atomic E-state index is 11.8. The molecule has 0 bridgehead atoms. The van der Waals surface area contributed by atoms with Crippen LogP contribution >= 0.6 is 0 Å². The molecular weight excluding hydrogens is 216 g/mol. The highest BCUT2D eigenvalue weighted by molar-refractivity contribution is 5.96. The van der Waals surface area contributed by atoms with Crippen LogP contribution in [0.4, 0.5) is 0 Å². The summed E-state index contributed by atoms with van der Waals surface area (Å²) in [6.07, 6.45) is 1.10. The van der Waals surface area contributed by atoms with E-state index in [4.69, 9.17) is 0 Å². The van der Waals surface area contributed by atoms with Gasteiger partial charge in [-0.25, -0.2) is 0 Å². The predicted octanol–water partition coefficient (Wildman–Crippen LogP) is 1.04. The smallest absolute Gasteiger partial charge is 0.255 e. The van der Waals surface area contributed by atoms with Crippen LogP contribution in [0.25, 0.3) is 0 Å². The lowest BCUT2D eigenvalue weighted by molar-refractivity contribution is 0.0945. The average molecular weight is 234 g/mol. The zero-order chi connectivity index (χ0) is 12.3. The van der Waals surface area contributed by atoms with Crippen molar-refractivity contribution in [3.8, 4) is 5.75 Å². The van der Waals surface area contributed by atoms with Crippen molar-refractivity contribution in [2.45, 2.75) is 13.3 Å². The molecule has 1 aliphatic rings. The van der Waals surface area contributed by atoms with Crippen molar-refractivity contribution in [2.75, 3.05) is 19.6 Å². The first-order chi connectivity index (χ1) is 8.16. The van der Waals surface area contributed by atoms with E-state index in [1.165, 1.54) is 0 Å². The molecule has 0 aromatic heterocycles. The van der Waals surface area contributed by atoms with Gasteiger partial charge in [-0.05, 0) is 50.0 Å². The van der Waals surface area contributed by atoms with Crippen LogP contribution < -0.4 is 10.6 Å². The molecule has 1 heterocycles. The first-order valence-electron chi connectivity index (χ1n) is 5.95. The largest absolute Gasteiger partial charge is 0.507 e. The highest BCUT2D eigenvalue weighted by atomic mass is 16.3. The summed E-state index contributed by atoms with van der Waals surface area (Å²) in [6, 6.07) is 5.09.